The first-order valence-electron chi connectivity index (χ1n) is 4.43. The van der Waals surface area contributed by atoms with Crippen molar-refractivity contribution >= 4 is 51.8 Å². The van der Waals surface area contributed by atoms with E-state index in [2.05, 4.69) is 5.10 Å². The van der Waals surface area contributed by atoms with E-state index >= 15 is 0 Å². The SMILES string of the molecule is O=C(O)c1cnn(-c2ccc(Cl)cc2Cl)c1I. The third-order valence-electron chi connectivity index (χ3n) is 2.08. The number of halogens is 3. The van der Waals surface area contributed by atoms with Gasteiger partial charge in [0.15, 0.2) is 0 Å². The first kappa shape index (κ1) is 12.7. The van der Waals surface area contributed by atoms with Gasteiger partial charge in [-0.1, -0.05) is 23.2 Å². The van der Waals surface area contributed by atoms with Crippen molar-refractivity contribution in [3.63, 3.8) is 0 Å². The highest BCUT2D eigenvalue weighted by atomic mass is 127. The van der Waals surface area contributed by atoms with Crippen molar-refractivity contribution in [2.24, 2.45) is 0 Å². The molecule has 7 heteroatoms. The van der Waals surface area contributed by atoms with E-state index in [1.165, 1.54) is 10.9 Å². The van der Waals surface area contributed by atoms with Crippen LogP contribution in [0.4, 0.5) is 0 Å². The summed E-state index contributed by atoms with van der Waals surface area (Å²) in [5.41, 5.74) is 0.726. The fourth-order valence-corrected chi connectivity index (χ4v) is 2.54. The molecular weight excluding hydrogens is 378 g/mol. The van der Waals surface area contributed by atoms with Gasteiger partial charge in [0.05, 0.1) is 16.9 Å². The summed E-state index contributed by atoms with van der Waals surface area (Å²) in [6.45, 7) is 0. The van der Waals surface area contributed by atoms with Gasteiger partial charge in [0.25, 0.3) is 0 Å². The number of benzene rings is 1. The Hall–Kier alpha value is -0.790. The Labute approximate surface area is 120 Å². The third kappa shape index (κ3) is 2.41. The quantitative estimate of drug-likeness (QED) is 0.809. The highest BCUT2D eigenvalue weighted by Crippen LogP contribution is 2.26. The summed E-state index contributed by atoms with van der Waals surface area (Å²) in [6.07, 6.45) is 1.29. The Kier molecular flexibility index (Phi) is 3.60. The molecule has 1 N–H and O–H groups in total. The van der Waals surface area contributed by atoms with E-state index < -0.39 is 5.97 Å². The molecule has 1 aromatic carbocycles. The van der Waals surface area contributed by atoms with Crippen LogP contribution in [0.2, 0.25) is 10.0 Å². The maximum absolute atomic E-state index is 10.9. The van der Waals surface area contributed by atoms with Crippen molar-refractivity contribution in [1.82, 2.24) is 9.78 Å². The van der Waals surface area contributed by atoms with Crippen molar-refractivity contribution in [3.05, 3.63) is 43.7 Å². The fourth-order valence-electron chi connectivity index (χ4n) is 1.30. The predicted octanol–water partition coefficient (Wildman–Crippen LogP) is 3.48. The van der Waals surface area contributed by atoms with Crippen LogP contribution >= 0.6 is 45.8 Å². The second kappa shape index (κ2) is 4.83. The lowest BCUT2D eigenvalue weighted by Crippen LogP contribution is -2.03. The van der Waals surface area contributed by atoms with E-state index in [-0.39, 0.29) is 5.56 Å². The lowest BCUT2D eigenvalue weighted by Gasteiger charge is -2.06. The number of nitrogens with zero attached hydrogens (tertiary/aromatic N) is 2. The van der Waals surface area contributed by atoms with Crippen molar-refractivity contribution in [2.45, 2.75) is 0 Å². The number of carbonyl (C=O) groups is 1. The number of carboxylic acids is 1. The van der Waals surface area contributed by atoms with E-state index in [1.807, 2.05) is 22.6 Å². The van der Waals surface area contributed by atoms with Gasteiger partial charge in [0.2, 0.25) is 0 Å². The third-order valence-corrected chi connectivity index (χ3v) is 3.65. The van der Waals surface area contributed by atoms with Gasteiger partial charge in [-0.15, -0.1) is 0 Å². The van der Waals surface area contributed by atoms with Crippen LogP contribution < -0.4 is 0 Å². The number of hydrogen-bond acceptors (Lipinski definition) is 2. The maximum Gasteiger partial charge on any atom is 0.340 e. The molecule has 0 aliphatic rings. The van der Waals surface area contributed by atoms with Crippen molar-refractivity contribution < 1.29 is 9.90 Å². The topological polar surface area (TPSA) is 55.1 Å². The predicted molar refractivity (Wildman–Crippen MR) is 73.3 cm³/mol. The van der Waals surface area contributed by atoms with E-state index in [9.17, 15) is 4.79 Å². The van der Waals surface area contributed by atoms with Gasteiger partial charge >= 0.3 is 5.97 Å². The minimum absolute atomic E-state index is 0.136. The summed E-state index contributed by atoms with van der Waals surface area (Å²) in [5, 5.41) is 13.9. The highest BCUT2D eigenvalue weighted by molar-refractivity contribution is 14.1. The van der Waals surface area contributed by atoms with Crippen LogP contribution in [0.5, 0.6) is 0 Å². The normalized spacial score (nSPS) is 10.5. The van der Waals surface area contributed by atoms with E-state index in [0.717, 1.165) is 0 Å². The molecule has 0 saturated heterocycles. The molecule has 0 aliphatic heterocycles. The van der Waals surface area contributed by atoms with Gasteiger partial charge in [-0.2, -0.15) is 5.10 Å². The lowest BCUT2D eigenvalue weighted by atomic mass is 10.3. The summed E-state index contributed by atoms with van der Waals surface area (Å²) in [4.78, 5) is 10.9. The first-order valence-corrected chi connectivity index (χ1v) is 6.26. The molecule has 4 nitrogen and oxygen atoms in total. The van der Waals surface area contributed by atoms with Crippen molar-refractivity contribution in [1.29, 1.82) is 0 Å². The van der Waals surface area contributed by atoms with E-state index in [0.29, 0.717) is 19.4 Å². The second-order valence-corrected chi connectivity index (χ2v) is 5.03. The summed E-state index contributed by atoms with van der Waals surface area (Å²) >= 11 is 13.7. The largest absolute Gasteiger partial charge is 0.478 e. The molecule has 0 radical (unpaired) electrons. The molecule has 0 atom stereocenters. The average Bonchev–Trinajstić information content (AvgIpc) is 2.60. The molecule has 0 bridgehead atoms. The maximum atomic E-state index is 10.9. The molecule has 2 rings (SSSR count). The van der Waals surface area contributed by atoms with Gasteiger partial charge in [0.1, 0.15) is 9.26 Å². The first-order chi connectivity index (χ1) is 8.00. The number of carboxylic acid groups (broad SMARTS) is 1. The smallest absolute Gasteiger partial charge is 0.340 e. The Morgan fingerprint density at radius 2 is 2.12 bits per heavy atom. The van der Waals surface area contributed by atoms with Crippen LogP contribution in [0.3, 0.4) is 0 Å². The zero-order chi connectivity index (χ0) is 12.6. The summed E-state index contributed by atoms with van der Waals surface area (Å²) in [7, 11) is 0. The zero-order valence-electron chi connectivity index (χ0n) is 8.19. The molecule has 2 aromatic rings. The molecule has 88 valence electrons. The van der Waals surface area contributed by atoms with Gasteiger partial charge in [-0.05, 0) is 40.8 Å². The van der Waals surface area contributed by atoms with Gasteiger partial charge in [-0.3, -0.25) is 0 Å². The van der Waals surface area contributed by atoms with Gasteiger partial charge < -0.3 is 5.11 Å². The summed E-state index contributed by atoms with van der Waals surface area (Å²) in [5.74, 6) is -1.02. The highest BCUT2D eigenvalue weighted by Gasteiger charge is 2.16. The molecule has 0 unspecified atom stereocenters. The van der Waals surface area contributed by atoms with Crippen LogP contribution in [-0.2, 0) is 0 Å². The number of aromatic carboxylic acids is 1. The molecule has 1 heterocycles. The monoisotopic (exact) mass is 382 g/mol. The minimum Gasteiger partial charge on any atom is -0.478 e. The van der Waals surface area contributed by atoms with Crippen LogP contribution in [0.1, 0.15) is 10.4 Å². The second-order valence-electron chi connectivity index (χ2n) is 3.16. The van der Waals surface area contributed by atoms with Crippen LogP contribution in [-0.4, -0.2) is 20.9 Å². The molecule has 0 amide bonds. The van der Waals surface area contributed by atoms with Crippen LogP contribution in [0.15, 0.2) is 24.4 Å². The standard InChI is InChI=1S/C10H5Cl2IN2O2/c11-5-1-2-8(7(12)3-5)15-9(13)6(4-14-15)10(16)17/h1-4H,(H,16,17). The van der Waals surface area contributed by atoms with Crippen LogP contribution in [0, 0.1) is 3.70 Å². The average molecular weight is 383 g/mol. The number of hydrogen-bond donors (Lipinski definition) is 1. The Balaban J connectivity index is 2.57. The Morgan fingerprint density at radius 3 is 2.65 bits per heavy atom. The molecule has 0 spiro atoms. The molecular formula is C10H5Cl2IN2O2. The minimum atomic E-state index is -1.02. The van der Waals surface area contributed by atoms with Crippen molar-refractivity contribution in [3.8, 4) is 5.69 Å². The number of rotatable bonds is 2. The van der Waals surface area contributed by atoms with Crippen molar-refractivity contribution in [2.75, 3.05) is 0 Å². The lowest BCUT2D eigenvalue weighted by molar-refractivity contribution is 0.0695. The Bertz CT molecular complexity index is 598. The van der Waals surface area contributed by atoms with Gasteiger partial charge in [0, 0.05) is 5.02 Å². The molecule has 1 aromatic heterocycles. The van der Waals surface area contributed by atoms with E-state index in [1.54, 1.807) is 18.2 Å². The zero-order valence-corrected chi connectivity index (χ0v) is 11.9. The van der Waals surface area contributed by atoms with Crippen LogP contribution in [0.25, 0.3) is 5.69 Å². The van der Waals surface area contributed by atoms with Gasteiger partial charge in [-0.25, -0.2) is 9.48 Å². The Morgan fingerprint density at radius 1 is 1.41 bits per heavy atom. The summed E-state index contributed by atoms with van der Waals surface area (Å²) < 4.78 is 1.95. The summed E-state index contributed by atoms with van der Waals surface area (Å²) in [6, 6.07) is 4.93. The molecule has 0 aliphatic carbocycles. The fraction of sp³-hybridized carbons (Fsp3) is 0. The molecule has 0 saturated carbocycles. The number of aromatic nitrogens is 2. The molecule has 0 fully saturated rings. The molecule has 17 heavy (non-hydrogen) atoms. The van der Waals surface area contributed by atoms with E-state index in [4.69, 9.17) is 28.3 Å².